The van der Waals surface area contributed by atoms with Gasteiger partial charge >= 0.3 is 0 Å². The van der Waals surface area contributed by atoms with Gasteiger partial charge in [-0.15, -0.1) is 0 Å². The van der Waals surface area contributed by atoms with Crippen molar-refractivity contribution in [2.75, 3.05) is 54.4 Å². The van der Waals surface area contributed by atoms with Crippen molar-refractivity contribution < 1.29 is 38.3 Å². The summed E-state index contributed by atoms with van der Waals surface area (Å²) in [4.78, 5) is 12.4. The van der Waals surface area contributed by atoms with Crippen molar-refractivity contribution in [3.05, 3.63) is 59.7 Å². The lowest BCUT2D eigenvalue weighted by Gasteiger charge is -2.19. The van der Waals surface area contributed by atoms with Crippen LogP contribution in [-0.2, 0) is 9.47 Å². The van der Waals surface area contributed by atoms with Crippen molar-refractivity contribution in [2.45, 2.75) is 71.8 Å². The van der Waals surface area contributed by atoms with Gasteiger partial charge in [0.15, 0.2) is 28.8 Å². The summed E-state index contributed by atoms with van der Waals surface area (Å²) in [6.07, 6.45) is 4.70. The van der Waals surface area contributed by atoms with E-state index in [1.54, 1.807) is 39.5 Å². The van der Waals surface area contributed by atoms with E-state index in [2.05, 4.69) is 13.5 Å². The van der Waals surface area contributed by atoms with Gasteiger partial charge in [0.1, 0.15) is 0 Å². The highest BCUT2D eigenvalue weighted by Crippen LogP contribution is 2.33. The Kier molecular flexibility index (Phi) is 17.6. The summed E-state index contributed by atoms with van der Waals surface area (Å²) < 4.78 is 33.5. The number of hydrogen-bond donors (Lipinski definition) is 1. The largest absolute Gasteiger partial charge is 0.493 e. The first-order valence-electron chi connectivity index (χ1n) is 15.7. The van der Waals surface area contributed by atoms with E-state index in [4.69, 9.17) is 28.4 Å². The molecule has 2 aromatic carbocycles. The van der Waals surface area contributed by atoms with Crippen LogP contribution in [0.1, 0.15) is 87.7 Å². The van der Waals surface area contributed by atoms with Gasteiger partial charge in [0.2, 0.25) is 0 Å². The van der Waals surface area contributed by atoms with Gasteiger partial charge in [-0.3, -0.25) is 4.79 Å². The lowest BCUT2D eigenvalue weighted by Crippen LogP contribution is -2.08. The molecule has 0 aromatic heterocycles. The highest BCUT2D eigenvalue weighted by Gasteiger charge is 2.16. The fraction of sp³-hybridized carbons (Fsp3) is 0.583. The lowest BCUT2D eigenvalue weighted by molar-refractivity contribution is 0.0966. The Labute approximate surface area is 264 Å². The van der Waals surface area contributed by atoms with Crippen LogP contribution in [0.25, 0.3) is 0 Å². The van der Waals surface area contributed by atoms with E-state index in [0.717, 1.165) is 43.2 Å². The zero-order valence-corrected chi connectivity index (χ0v) is 27.7. The van der Waals surface area contributed by atoms with Crippen LogP contribution in [0, 0.1) is 11.8 Å². The zero-order chi connectivity index (χ0) is 32.3. The van der Waals surface area contributed by atoms with E-state index in [1.807, 2.05) is 32.0 Å². The van der Waals surface area contributed by atoms with Crippen LogP contribution in [0.5, 0.6) is 23.0 Å². The third kappa shape index (κ3) is 13.7. The molecule has 1 N–H and O–H groups in total. The second-order valence-corrected chi connectivity index (χ2v) is 11.7. The zero-order valence-electron chi connectivity index (χ0n) is 27.7. The standard InChI is InChI=1S/C36H54O8/c1-26(2)22-31(37)29-12-14-33(40-6)35(24-29)44-20-9-18-42-21-16-27(3)10-11-28(4)23-32(38)30-13-15-34(41-7)36(25-30)43-19-8-17-39-5/h12-15,24-26,28,32,38H,3,8-11,16-23H2,1-2,4-7H3. The number of carbonyl (C=O) groups excluding carboxylic acids is 1. The van der Waals surface area contributed by atoms with Crippen molar-refractivity contribution in [3.63, 3.8) is 0 Å². The molecule has 0 aliphatic carbocycles. The van der Waals surface area contributed by atoms with Crippen LogP contribution in [0.4, 0.5) is 0 Å². The number of carbonyl (C=O) groups is 1. The van der Waals surface area contributed by atoms with Gasteiger partial charge < -0.3 is 33.5 Å². The summed E-state index contributed by atoms with van der Waals surface area (Å²) in [6, 6.07) is 10.9. The van der Waals surface area contributed by atoms with Gasteiger partial charge in [-0.25, -0.2) is 0 Å². The third-order valence-electron chi connectivity index (χ3n) is 7.31. The monoisotopic (exact) mass is 614 g/mol. The van der Waals surface area contributed by atoms with E-state index >= 15 is 0 Å². The molecular formula is C36H54O8. The van der Waals surface area contributed by atoms with Crippen LogP contribution in [0.3, 0.4) is 0 Å². The summed E-state index contributed by atoms with van der Waals surface area (Å²) in [7, 11) is 4.87. The first-order chi connectivity index (χ1) is 21.2. The molecule has 0 spiro atoms. The van der Waals surface area contributed by atoms with Crippen LogP contribution in [-0.4, -0.2) is 65.3 Å². The van der Waals surface area contributed by atoms with Gasteiger partial charge in [0.05, 0.1) is 40.1 Å². The second kappa shape index (κ2) is 20.8. The Bertz CT molecular complexity index is 1130. The number of ether oxygens (including phenoxy) is 6. The summed E-state index contributed by atoms with van der Waals surface area (Å²) >= 11 is 0. The van der Waals surface area contributed by atoms with Gasteiger partial charge in [-0.05, 0) is 73.4 Å². The van der Waals surface area contributed by atoms with Crippen LogP contribution in [0.15, 0.2) is 48.6 Å². The normalized spacial score (nSPS) is 12.5. The predicted molar refractivity (Wildman–Crippen MR) is 174 cm³/mol. The van der Waals surface area contributed by atoms with Crippen LogP contribution >= 0.6 is 0 Å². The molecule has 0 heterocycles. The maximum Gasteiger partial charge on any atom is 0.163 e. The number of methoxy groups -OCH3 is 3. The van der Waals surface area contributed by atoms with E-state index in [0.29, 0.717) is 86.3 Å². The minimum atomic E-state index is -0.584. The minimum Gasteiger partial charge on any atom is -0.493 e. The molecule has 0 aliphatic rings. The average molecular weight is 615 g/mol. The van der Waals surface area contributed by atoms with Crippen LogP contribution in [0.2, 0.25) is 0 Å². The number of aliphatic hydroxyl groups excluding tert-OH is 1. The molecule has 0 radical (unpaired) electrons. The molecule has 2 unspecified atom stereocenters. The maximum atomic E-state index is 12.4. The molecule has 2 aromatic rings. The van der Waals surface area contributed by atoms with Gasteiger partial charge in [0.25, 0.3) is 0 Å². The fourth-order valence-corrected chi connectivity index (χ4v) is 4.72. The summed E-state index contributed by atoms with van der Waals surface area (Å²) in [5.74, 6) is 3.20. The molecule has 0 saturated carbocycles. The fourth-order valence-electron chi connectivity index (χ4n) is 4.72. The van der Waals surface area contributed by atoms with Crippen molar-refractivity contribution in [2.24, 2.45) is 11.8 Å². The Morgan fingerprint density at radius 2 is 1.43 bits per heavy atom. The van der Waals surface area contributed by atoms with Gasteiger partial charge in [-0.1, -0.05) is 39.0 Å². The highest BCUT2D eigenvalue weighted by molar-refractivity contribution is 5.96. The number of aliphatic hydroxyl groups is 1. The molecule has 2 rings (SSSR count). The second-order valence-electron chi connectivity index (χ2n) is 11.7. The molecule has 0 saturated heterocycles. The number of hydrogen-bond acceptors (Lipinski definition) is 8. The van der Waals surface area contributed by atoms with Gasteiger partial charge in [0, 0.05) is 45.1 Å². The Hall–Kier alpha value is -3.07. The smallest absolute Gasteiger partial charge is 0.163 e. The van der Waals surface area contributed by atoms with E-state index in [-0.39, 0.29) is 5.78 Å². The van der Waals surface area contributed by atoms with Crippen molar-refractivity contribution >= 4 is 5.78 Å². The van der Waals surface area contributed by atoms with E-state index in [1.165, 1.54) is 0 Å². The molecule has 0 aliphatic heterocycles. The Morgan fingerprint density at radius 1 is 0.795 bits per heavy atom. The molecule has 246 valence electrons. The average Bonchev–Trinajstić information content (AvgIpc) is 3.01. The van der Waals surface area contributed by atoms with E-state index < -0.39 is 6.10 Å². The Balaban J connectivity index is 1.66. The molecular weight excluding hydrogens is 560 g/mol. The topological polar surface area (TPSA) is 92.7 Å². The first kappa shape index (κ1) is 37.1. The quantitative estimate of drug-likeness (QED) is 0.0734. The lowest BCUT2D eigenvalue weighted by atomic mass is 9.92. The molecule has 0 bridgehead atoms. The van der Waals surface area contributed by atoms with Gasteiger partial charge in [-0.2, -0.15) is 0 Å². The number of ketones is 1. The van der Waals surface area contributed by atoms with E-state index in [9.17, 15) is 9.90 Å². The summed E-state index contributed by atoms with van der Waals surface area (Å²) in [5, 5.41) is 10.9. The number of benzene rings is 2. The Morgan fingerprint density at radius 3 is 2.07 bits per heavy atom. The first-order valence-corrected chi connectivity index (χ1v) is 15.7. The third-order valence-corrected chi connectivity index (χ3v) is 7.31. The SMILES string of the molecule is C=C(CCOCCCOc1cc(C(=O)CC(C)C)ccc1OC)CCC(C)CC(O)c1ccc(OC)c(OCCCOC)c1. The maximum absolute atomic E-state index is 12.4. The number of rotatable bonds is 24. The molecule has 8 nitrogen and oxygen atoms in total. The molecule has 0 amide bonds. The van der Waals surface area contributed by atoms with Crippen LogP contribution < -0.4 is 18.9 Å². The summed E-state index contributed by atoms with van der Waals surface area (Å²) in [6.45, 7) is 13.2. The van der Waals surface area contributed by atoms with Crippen molar-refractivity contribution in [1.82, 2.24) is 0 Å². The van der Waals surface area contributed by atoms with Crippen molar-refractivity contribution in [1.29, 1.82) is 0 Å². The predicted octanol–water partition coefficient (Wildman–Crippen LogP) is 7.62. The minimum absolute atomic E-state index is 0.104. The molecule has 0 fully saturated rings. The molecule has 2 atom stereocenters. The number of Topliss-reactive ketones (excluding diaryl/α,β-unsaturated/α-hetero) is 1. The summed E-state index contributed by atoms with van der Waals surface area (Å²) in [5.41, 5.74) is 2.61. The molecule has 8 heteroatoms. The van der Waals surface area contributed by atoms with Crippen molar-refractivity contribution in [3.8, 4) is 23.0 Å². The molecule has 44 heavy (non-hydrogen) atoms. The highest BCUT2D eigenvalue weighted by atomic mass is 16.5.